The molecule has 0 radical (unpaired) electrons. The number of nitrogens with zero attached hydrogens (tertiary/aromatic N) is 1. The van der Waals surface area contributed by atoms with Crippen LogP contribution in [0.3, 0.4) is 0 Å². The zero-order chi connectivity index (χ0) is 18.4. The first-order valence-corrected chi connectivity index (χ1v) is 9.25. The first-order valence-electron chi connectivity index (χ1n) is 9.25. The van der Waals surface area contributed by atoms with Gasteiger partial charge in [-0.2, -0.15) is 0 Å². The quantitative estimate of drug-likeness (QED) is 0.870. The fourth-order valence-electron chi connectivity index (χ4n) is 3.82. The smallest absolute Gasteiger partial charge is 0.410 e. The van der Waals surface area contributed by atoms with Gasteiger partial charge in [0, 0.05) is 7.05 Å². The van der Waals surface area contributed by atoms with E-state index in [2.05, 4.69) is 24.3 Å². The van der Waals surface area contributed by atoms with Gasteiger partial charge in [-0.25, -0.2) is 4.79 Å². The molecule has 4 heteroatoms. The lowest BCUT2D eigenvalue weighted by atomic mass is 9.74. The van der Waals surface area contributed by atoms with Gasteiger partial charge < -0.3 is 14.7 Å². The molecular weight excluding hydrogens is 326 g/mol. The first kappa shape index (κ1) is 18.5. The van der Waals surface area contributed by atoms with Crippen molar-refractivity contribution >= 4 is 6.09 Å². The molecule has 1 fully saturated rings. The number of likely N-dealkylation sites (N-methyl/N-ethyl adjacent to an activating group) is 1. The number of amides is 1. The molecule has 26 heavy (non-hydrogen) atoms. The molecule has 0 spiro atoms. The average Bonchev–Trinajstić information content (AvgIpc) is 2.73. The minimum atomic E-state index is -0.529. The van der Waals surface area contributed by atoms with Crippen molar-refractivity contribution in [2.75, 3.05) is 13.7 Å². The fourth-order valence-corrected chi connectivity index (χ4v) is 3.82. The van der Waals surface area contributed by atoms with Crippen LogP contribution in [0.2, 0.25) is 0 Å². The van der Waals surface area contributed by atoms with E-state index in [4.69, 9.17) is 4.74 Å². The lowest BCUT2D eigenvalue weighted by Crippen LogP contribution is -2.54. The Morgan fingerprint density at radius 2 is 1.65 bits per heavy atom. The summed E-state index contributed by atoms with van der Waals surface area (Å²) in [6.07, 6.45) is 3.10. The molecule has 138 valence electrons. The SMILES string of the molecule is CN(C(=O)OCc1ccccc1)C1(CO)CCC(c2ccccc2)CC1. The van der Waals surface area contributed by atoms with Crippen molar-refractivity contribution < 1.29 is 14.6 Å². The van der Waals surface area contributed by atoms with E-state index in [9.17, 15) is 9.90 Å². The van der Waals surface area contributed by atoms with Crippen LogP contribution in [0.5, 0.6) is 0 Å². The van der Waals surface area contributed by atoms with Gasteiger partial charge in [0.1, 0.15) is 6.61 Å². The van der Waals surface area contributed by atoms with E-state index in [0.29, 0.717) is 5.92 Å². The van der Waals surface area contributed by atoms with Crippen LogP contribution in [0.1, 0.15) is 42.7 Å². The average molecular weight is 353 g/mol. The van der Waals surface area contributed by atoms with E-state index in [-0.39, 0.29) is 19.3 Å². The van der Waals surface area contributed by atoms with Crippen LogP contribution < -0.4 is 0 Å². The molecule has 0 atom stereocenters. The van der Waals surface area contributed by atoms with Gasteiger partial charge in [0.15, 0.2) is 0 Å². The van der Waals surface area contributed by atoms with Crippen LogP contribution in [0.15, 0.2) is 60.7 Å². The minimum Gasteiger partial charge on any atom is -0.445 e. The number of aliphatic hydroxyl groups is 1. The molecular formula is C22H27NO3. The summed E-state index contributed by atoms with van der Waals surface area (Å²) in [5, 5.41) is 10.1. The topological polar surface area (TPSA) is 49.8 Å². The number of carbonyl (C=O) groups is 1. The summed E-state index contributed by atoms with van der Waals surface area (Å²) in [6.45, 7) is 0.212. The minimum absolute atomic E-state index is 0.0363. The summed E-state index contributed by atoms with van der Waals surface area (Å²) in [5.41, 5.74) is 1.77. The van der Waals surface area contributed by atoms with E-state index in [1.807, 2.05) is 36.4 Å². The molecule has 2 aromatic carbocycles. The Kier molecular flexibility index (Phi) is 5.94. The van der Waals surface area contributed by atoms with Gasteiger partial charge in [-0.3, -0.25) is 0 Å². The second kappa shape index (κ2) is 8.37. The maximum absolute atomic E-state index is 12.5. The number of ether oxygens (including phenoxy) is 1. The third-order valence-corrected chi connectivity index (χ3v) is 5.67. The molecule has 1 aliphatic carbocycles. The zero-order valence-electron chi connectivity index (χ0n) is 15.3. The Morgan fingerprint density at radius 3 is 2.23 bits per heavy atom. The number of aliphatic hydroxyl groups excluding tert-OH is 1. The van der Waals surface area contributed by atoms with Crippen LogP contribution in [-0.2, 0) is 11.3 Å². The van der Waals surface area contributed by atoms with Crippen molar-refractivity contribution in [2.24, 2.45) is 0 Å². The lowest BCUT2D eigenvalue weighted by molar-refractivity contribution is 0.00517. The van der Waals surface area contributed by atoms with Crippen LogP contribution in [0, 0.1) is 0 Å². The first-order chi connectivity index (χ1) is 12.6. The van der Waals surface area contributed by atoms with Gasteiger partial charge in [0.2, 0.25) is 0 Å². The standard InChI is InChI=1S/C22H27NO3/c1-23(21(25)26-16-18-8-4-2-5-9-18)22(17-24)14-12-20(13-15-22)19-10-6-3-7-11-19/h2-11,20,24H,12-17H2,1H3. The van der Waals surface area contributed by atoms with Gasteiger partial charge in [-0.05, 0) is 42.7 Å². The Bertz CT molecular complexity index is 694. The van der Waals surface area contributed by atoms with Crippen LogP contribution >= 0.6 is 0 Å². The molecule has 0 aliphatic heterocycles. The Morgan fingerprint density at radius 1 is 1.08 bits per heavy atom. The van der Waals surface area contributed by atoms with E-state index in [1.165, 1.54) is 5.56 Å². The maximum atomic E-state index is 12.5. The van der Waals surface area contributed by atoms with Crippen LogP contribution in [-0.4, -0.2) is 35.3 Å². The van der Waals surface area contributed by atoms with Crippen molar-refractivity contribution in [1.29, 1.82) is 0 Å². The Balaban J connectivity index is 1.59. The molecule has 0 saturated heterocycles. The summed E-state index contributed by atoms with van der Waals surface area (Å²) in [5.74, 6) is 0.490. The van der Waals surface area contributed by atoms with Crippen LogP contribution in [0.25, 0.3) is 0 Å². The Hall–Kier alpha value is -2.33. The number of carbonyl (C=O) groups excluding carboxylic acids is 1. The Labute approximate surface area is 155 Å². The second-order valence-electron chi connectivity index (χ2n) is 7.17. The van der Waals surface area contributed by atoms with Crippen molar-refractivity contribution in [3.63, 3.8) is 0 Å². The number of hydrogen-bond donors (Lipinski definition) is 1. The number of hydrogen-bond acceptors (Lipinski definition) is 3. The third-order valence-electron chi connectivity index (χ3n) is 5.67. The van der Waals surface area contributed by atoms with E-state index in [1.54, 1.807) is 11.9 Å². The molecule has 0 unspecified atom stereocenters. The summed E-state index contributed by atoms with van der Waals surface area (Å²) in [4.78, 5) is 14.1. The molecule has 0 bridgehead atoms. The number of benzene rings is 2. The predicted octanol–water partition coefficient (Wildman–Crippen LogP) is 4.34. The van der Waals surface area contributed by atoms with Gasteiger partial charge in [-0.15, -0.1) is 0 Å². The maximum Gasteiger partial charge on any atom is 0.410 e. The molecule has 2 aromatic rings. The van der Waals surface area contributed by atoms with E-state index >= 15 is 0 Å². The molecule has 1 saturated carbocycles. The highest BCUT2D eigenvalue weighted by Crippen LogP contribution is 2.40. The van der Waals surface area contributed by atoms with Gasteiger partial charge in [-0.1, -0.05) is 60.7 Å². The van der Waals surface area contributed by atoms with Gasteiger partial charge in [0.05, 0.1) is 12.1 Å². The molecule has 0 aromatic heterocycles. The summed E-state index contributed by atoms with van der Waals surface area (Å²) in [6, 6.07) is 20.1. The normalized spacial score (nSPS) is 22.6. The highest BCUT2D eigenvalue weighted by Gasteiger charge is 2.41. The van der Waals surface area contributed by atoms with E-state index in [0.717, 1.165) is 31.2 Å². The monoisotopic (exact) mass is 353 g/mol. The molecule has 1 aliphatic rings. The molecule has 4 nitrogen and oxygen atoms in total. The van der Waals surface area contributed by atoms with Gasteiger partial charge >= 0.3 is 6.09 Å². The third kappa shape index (κ3) is 4.07. The summed E-state index contributed by atoms with van der Waals surface area (Å²) < 4.78 is 5.46. The molecule has 0 heterocycles. The predicted molar refractivity (Wildman–Crippen MR) is 102 cm³/mol. The zero-order valence-corrected chi connectivity index (χ0v) is 15.3. The second-order valence-corrected chi connectivity index (χ2v) is 7.17. The molecule has 3 rings (SSSR count). The van der Waals surface area contributed by atoms with Gasteiger partial charge in [0.25, 0.3) is 0 Å². The molecule has 1 amide bonds. The van der Waals surface area contributed by atoms with Crippen molar-refractivity contribution in [3.8, 4) is 0 Å². The highest BCUT2D eigenvalue weighted by molar-refractivity contribution is 5.68. The van der Waals surface area contributed by atoms with Crippen LogP contribution in [0.4, 0.5) is 4.79 Å². The van der Waals surface area contributed by atoms with Crippen molar-refractivity contribution in [2.45, 2.75) is 43.7 Å². The lowest BCUT2D eigenvalue weighted by Gasteiger charge is -2.44. The summed E-state index contributed by atoms with van der Waals surface area (Å²) >= 11 is 0. The molecule has 1 N–H and O–H groups in total. The summed E-state index contributed by atoms with van der Waals surface area (Å²) in [7, 11) is 1.74. The fraction of sp³-hybridized carbons (Fsp3) is 0.409. The van der Waals surface area contributed by atoms with E-state index < -0.39 is 5.54 Å². The number of rotatable bonds is 5. The highest BCUT2D eigenvalue weighted by atomic mass is 16.6. The largest absolute Gasteiger partial charge is 0.445 e. The van der Waals surface area contributed by atoms with Crippen molar-refractivity contribution in [1.82, 2.24) is 4.90 Å². The van der Waals surface area contributed by atoms with Crippen molar-refractivity contribution in [3.05, 3.63) is 71.8 Å².